The third kappa shape index (κ3) is 3.66. The minimum absolute atomic E-state index is 0.604. The minimum Gasteiger partial charge on any atom is -0.265 e. The normalized spacial score (nSPS) is 10.7. The Morgan fingerprint density at radius 3 is 0.967 bits per heavy atom. The van der Waals surface area contributed by atoms with Gasteiger partial charge >= 0.3 is 0 Å². The van der Waals surface area contributed by atoms with E-state index in [0.717, 1.165) is 27.8 Å². The fourth-order valence-electron chi connectivity index (χ4n) is 3.12. The summed E-state index contributed by atoms with van der Waals surface area (Å²) in [5.41, 5.74) is 4.91. The Balaban J connectivity index is 1.60. The van der Waals surface area contributed by atoms with E-state index in [1.165, 1.54) is 0 Å². The molecule has 0 fully saturated rings. The summed E-state index contributed by atoms with van der Waals surface area (Å²) in [7, 11) is 0. The zero-order chi connectivity index (χ0) is 20.2. The first-order valence-electron chi connectivity index (χ1n) is 9.44. The van der Waals surface area contributed by atoms with Gasteiger partial charge in [0.2, 0.25) is 0 Å². The molecule has 1 aromatic carbocycles. The van der Waals surface area contributed by atoms with Crippen LogP contribution in [0.3, 0.4) is 0 Å². The fourth-order valence-corrected chi connectivity index (χ4v) is 3.12. The molecule has 0 atom stereocenters. The third-order valence-electron chi connectivity index (χ3n) is 4.67. The van der Waals surface area contributed by atoms with Crippen LogP contribution in [0.5, 0.6) is 0 Å². The van der Waals surface area contributed by atoms with Crippen molar-refractivity contribution in [3.63, 3.8) is 0 Å². The standard InChI is InChI=1S/C24H16N6/c1-3-19(4-2-17(1)18-5-11-25-12-6-18)22-28-23(20-7-13-26-14-8-20)30-24(29-22)21-9-15-27-16-10-21/h1-16H. The molecule has 4 aromatic heterocycles. The number of hydrogen-bond acceptors (Lipinski definition) is 6. The maximum atomic E-state index is 4.73. The van der Waals surface area contributed by atoms with Gasteiger partial charge in [-0.25, -0.2) is 15.0 Å². The Hall–Kier alpha value is -4.32. The lowest BCUT2D eigenvalue weighted by molar-refractivity contribution is 1.07. The van der Waals surface area contributed by atoms with E-state index >= 15 is 0 Å². The van der Waals surface area contributed by atoms with E-state index < -0.39 is 0 Å². The molecule has 142 valence electrons. The van der Waals surface area contributed by atoms with E-state index in [2.05, 4.69) is 32.1 Å². The maximum Gasteiger partial charge on any atom is 0.164 e. The second kappa shape index (κ2) is 7.97. The molecule has 5 rings (SSSR count). The summed E-state index contributed by atoms with van der Waals surface area (Å²) in [6.07, 6.45) is 10.5. The van der Waals surface area contributed by atoms with Gasteiger partial charge in [0.25, 0.3) is 0 Å². The van der Waals surface area contributed by atoms with Crippen molar-refractivity contribution in [2.75, 3.05) is 0 Å². The van der Waals surface area contributed by atoms with Crippen LogP contribution in [0, 0.1) is 0 Å². The number of hydrogen-bond donors (Lipinski definition) is 0. The molecule has 0 aliphatic carbocycles. The molecule has 30 heavy (non-hydrogen) atoms. The summed E-state index contributed by atoms with van der Waals surface area (Å²) < 4.78 is 0. The molecule has 0 aliphatic heterocycles. The number of nitrogens with zero attached hydrogens (tertiary/aromatic N) is 6. The molecule has 0 N–H and O–H groups in total. The quantitative estimate of drug-likeness (QED) is 0.443. The van der Waals surface area contributed by atoms with Crippen LogP contribution >= 0.6 is 0 Å². The van der Waals surface area contributed by atoms with Crippen LogP contribution in [0.2, 0.25) is 0 Å². The molecular formula is C24H16N6. The smallest absolute Gasteiger partial charge is 0.164 e. The molecule has 0 radical (unpaired) electrons. The minimum atomic E-state index is 0.604. The molecule has 0 saturated heterocycles. The first-order chi connectivity index (χ1) is 14.9. The van der Waals surface area contributed by atoms with Gasteiger partial charge in [-0.2, -0.15) is 0 Å². The Bertz CT molecular complexity index is 1200. The van der Waals surface area contributed by atoms with Crippen LogP contribution in [0.25, 0.3) is 45.3 Å². The lowest BCUT2D eigenvalue weighted by Gasteiger charge is -2.08. The van der Waals surface area contributed by atoms with E-state index in [4.69, 9.17) is 9.97 Å². The van der Waals surface area contributed by atoms with Crippen molar-refractivity contribution in [3.05, 3.63) is 97.8 Å². The summed E-state index contributed by atoms with van der Waals surface area (Å²) in [6.45, 7) is 0. The highest BCUT2D eigenvalue weighted by Crippen LogP contribution is 2.26. The van der Waals surface area contributed by atoms with Crippen LogP contribution in [0.15, 0.2) is 97.8 Å². The van der Waals surface area contributed by atoms with Gasteiger partial charge in [-0.05, 0) is 47.5 Å². The highest BCUT2D eigenvalue weighted by Gasteiger charge is 2.12. The number of benzene rings is 1. The molecule has 4 heterocycles. The Kier molecular flexibility index (Phi) is 4.72. The average Bonchev–Trinajstić information content (AvgIpc) is 2.85. The van der Waals surface area contributed by atoms with E-state index in [0.29, 0.717) is 17.5 Å². The highest BCUT2D eigenvalue weighted by atomic mass is 15.0. The van der Waals surface area contributed by atoms with E-state index in [1.54, 1.807) is 37.2 Å². The van der Waals surface area contributed by atoms with Gasteiger partial charge in [0.15, 0.2) is 17.5 Å². The van der Waals surface area contributed by atoms with E-state index in [1.807, 2.05) is 48.5 Å². The zero-order valence-corrected chi connectivity index (χ0v) is 15.9. The van der Waals surface area contributed by atoms with Gasteiger partial charge in [0.1, 0.15) is 0 Å². The van der Waals surface area contributed by atoms with Gasteiger partial charge in [-0.3, -0.25) is 15.0 Å². The Morgan fingerprint density at radius 2 is 0.567 bits per heavy atom. The fraction of sp³-hybridized carbons (Fsp3) is 0. The molecule has 0 aliphatic rings. The number of aromatic nitrogens is 6. The van der Waals surface area contributed by atoms with Crippen LogP contribution in [0.4, 0.5) is 0 Å². The number of pyridine rings is 3. The molecule has 0 unspecified atom stereocenters. The predicted octanol–water partition coefficient (Wildman–Crippen LogP) is 4.72. The van der Waals surface area contributed by atoms with Crippen molar-refractivity contribution in [2.45, 2.75) is 0 Å². The summed E-state index contributed by atoms with van der Waals surface area (Å²) in [4.78, 5) is 26.4. The molecule has 6 nitrogen and oxygen atoms in total. The van der Waals surface area contributed by atoms with Crippen LogP contribution < -0.4 is 0 Å². The lowest BCUT2D eigenvalue weighted by atomic mass is 10.0. The van der Waals surface area contributed by atoms with Gasteiger partial charge in [0.05, 0.1) is 0 Å². The van der Waals surface area contributed by atoms with Crippen LogP contribution in [0.1, 0.15) is 0 Å². The van der Waals surface area contributed by atoms with Crippen molar-refractivity contribution in [3.8, 4) is 45.3 Å². The highest BCUT2D eigenvalue weighted by molar-refractivity contribution is 5.69. The van der Waals surface area contributed by atoms with Crippen LogP contribution in [-0.2, 0) is 0 Å². The van der Waals surface area contributed by atoms with Gasteiger partial charge < -0.3 is 0 Å². The molecule has 5 aromatic rings. The molecular weight excluding hydrogens is 372 g/mol. The van der Waals surface area contributed by atoms with Crippen molar-refractivity contribution in [2.24, 2.45) is 0 Å². The number of rotatable bonds is 4. The molecule has 6 heteroatoms. The monoisotopic (exact) mass is 388 g/mol. The molecule has 0 amide bonds. The van der Waals surface area contributed by atoms with Gasteiger partial charge in [-0.15, -0.1) is 0 Å². The van der Waals surface area contributed by atoms with Crippen molar-refractivity contribution < 1.29 is 0 Å². The summed E-state index contributed by atoms with van der Waals surface area (Å²) in [5, 5.41) is 0. The Morgan fingerprint density at radius 1 is 0.300 bits per heavy atom. The first-order valence-corrected chi connectivity index (χ1v) is 9.44. The Labute approximate surface area is 173 Å². The summed E-state index contributed by atoms with van der Waals surface area (Å²) >= 11 is 0. The maximum absolute atomic E-state index is 4.73. The van der Waals surface area contributed by atoms with Crippen molar-refractivity contribution in [1.29, 1.82) is 0 Å². The predicted molar refractivity (Wildman–Crippen MR) is 115 cm³/mol. The summed E-state index contributed by atoms with van der Waals surface area (Å²) in [6, 6.07) is 19.7. The SMILES string of the molecule is c1cc(-c2ccc(-c3nc(-c4ccncc4)nc(-c4ccncc4)n3)cc2)ccn1. The molecule has 0 saturated carbocycles. The first kappa shape index (κ1) is 17.8. The topological polar surface area (TPSA) is 77.3 Å². The van der Waals surface area contributed by atoms with Gasteiger partial charge in [0, 0.05) is 53.9 Å². The molecule has 0 bridgehead atoms. The average molecular weight is 388 g/mol. The van der Waals surface area contributed by atoms with Crippen molar-refractivity contribution >= 4 is 0 Å². The van der Waals surface area contributed by atoms with E-state index in [9.17, 15) is 0 Å². The summed E-state index contributed by atoms with van der Waals surface area (Å²) in [5.74, 6) is 1.82. The third-order valence-corrected chi connectivity index (χ3v) is 4.67. The van der Waals surface area contributed by atoms with Crippen LogP contribution in [-0.4, -0.2) is 29.9 Å². The molecule has 0 spiro atoms. The van der Waals surface area contributed by atoms with E-state index in [-0.39, 0.29) is 0 Å². The lowest BCUT2D eigenvalue weighted by Crippen LogP contribution is -2.00. The van der Waals surface area contributed by atoms with Gasteiger partial charge in [-0.1, -0.05) is 24.3 Å². The second-order valence-corrected chi connectivity index (χ2v) is 6.59. The van der Waals surface area contributed by atoms with Crippen molar-refractivity contribution in [1.82, 2.24) is 29.9 Å². The largest absolute Gasteiger partial charge is 0.265 e. The second-order valence-electron chi connectivity index (χ2n) is 6.59. The zero-order valence-electron chi connectivity index (χ0n) is 15.9.